The lowest BCUT2D eigenvalue weighted by Gasteiger charge is -2.18. The highest BCUT2D eigenvalue weighted by atomic mass is 19.1. The maximum atomic E-state index is 13.2. The van der Waals surface area contributed by atoms with Gasteiger partial charge in [0.1, 0.15) is 17.6 Å². The van der Waals surface area contributed by atoms with E-state index in [-0.39, 0.29) is 17.4 Å². The van der Waals surface area contributed by atoms with Gasteiger partial charge in [-0.05, 0) is 54.1 Å². The van der Waals surface area contributed by atoms with Crippen molar-refractivity contribution in [1.29, 1.82) is 0 Å². The van der Waals surface area contributed by atoms with Gasteiger partial charge in [0.25, 0.3) is 0 Å². The topological polar surface area (TPSA) is 51.5 Å². The molecule has 4 nitrogen and oxygen atoms in total. The van der Waals surface area contributed by atoms with Crippen LogP contribution in [0.4, 0.5) is 10.1 Å². The van der Waals surface area contributed by atoms with E-state index in [2.05, 4.69) is 5.32 Å². The lowest BCUT2D eigenvalue weighted by molar-refractivity contribution is 0.0942. The first-order valence-corrected chi connectivity index (χ1v) is 7.41. The SMILES string of the molecule is COc1ccc(NC(C(=O)c2ccco2)c2ccc(F)cc2)cc1. The normalized spacial score (nSPS) is 11.8. The molecule has 1 atom stereocenters. The van der Waals surface area contributed by atoms with Gasteiger partial charge in [-0.3, -0.25) is 4.79 Å². The van der Waals surface area contributed by atoms with Crippen molar-refractivity contribution in [3.05, 3.63) is 84.1 Å². The summed E-state index contributed by atoms with van der Waals surface area (Å²) in [4.78, 5) is 12.7. The van der Waals surface area contributed by atoms with Gasteiger partial charge in [-0.2, -0.15) is 0 Å². The highest BCUT2D eigenvalue weighted by Crippen LogP contribution is 2.25. The maximum absolute atomic E-state index is 13.2. The number of ether oxygens (including phenoxy) is 1. The van der Waals surface area contributed by atoms with Crippen LogP contribution in [0.1, 0.15) is 22.2 Å². The molecule has 0 aliphatic carbocycles. The van der Waals surface area contributed by atoms with Crippen LogP contribution < -0.4 is 10.1 Å². The number of nitrogens with one attached hydrogen (secondary N) is 1. The lowest BCUT2D eigenvalue weighted by atomic mass is 10.0. The van der Waals surface area contributed by atoms with Gasteiger partial charge in [0.05, 0.1) is 13.4 Å². The number of ketones is 1. The first kappa shape index (κ1) is 15.8. The molecule has 5 heteroatoms. The Kier molecular flexibility index (Phi) is 4.61. The molecule has 1 unspecified atom stereocenters. The molecule has 0 saturated carbocycles. The average molecular weight is 325 g/mol. The Morgan fingerprint density at radius 3 is 2.38 bits per heavy atom. The van der Waals surface area contributed by atoms with E-state index in [1.165, 1.54) is 18.4 Å². The molecule has 0 saturated heterocycles. The summed E-state index contributed by atoms with van der Waals surface area (Å²) in [5, 5.41) is 3.17. The summed E-state index contributed by atoms with van der Waals surface area (Å²) < 4.78 is 23.5. The van der Waals surface area contributed by atoms with E-state index in [0.29, 0.717) is 5.56 Å². The van der Waals surface area contributed by atoms with Crippen molar-refractivity contribution in [3.63, 3.8) is 0 Å². The third-order valence-electron chi connectivity index (χ3n) is 3.63. The lowest BCUT2D eigenvalue weighted by Crippen LogP contribution is -2.21. The fourth-order valence-corrected chi connectivity index (χ4v) is 2.37. The molecule has 2 aromatic carbocycles. The first-order valence-electron chi connectivity index (χ1n) is 7.41. The van der Waals surface area contributed by atoms with Crippen LogP contribution in [0.15, 0.2) is 71.3 Å². The second-order valence-electron chi connectivity index (χ2n) is 5.20. The van der Waals surface area contributed by atoms with E-state index in [1.807, 2.05) is 12.1 Å². The molecule has 0 aliphatic rings. The van der Waals surface area contributed by atoms with Gasteiger partial charge in [0.15, 0.2) is 5.76 Å². The van der Waals surface area contributed by atoms with Crippen molar-refractivity contribution in [1.82, 2.24) is 0 Å². The maximum Gasteiger partial charge on any atom is 0.224 e. The predicted molar refractivity (Wildman–Crippen MR) is 88.8 cm³/mol. The Hall–Kier alpha value is -3.08. The van der Waals surface area contributed by atoms with Crippen molar-refractivity contribution in [2.45, 2.75) is 6.04 Å². The fraction of sp³-hybridized carbons (Fsp3) is 0.105. The minimum absolute atomic E-state index is 0.234. The summed E-state index contributed by atoms with van der Waals surface area (Å²) in [6.45, 7) is 0. The summed E-state index contributed by atoms with van der Waals surface area (Å²) in [5.74, 6) is 0.372. The van der Waals surface area contributed by atoms with Crippen molar-refractivity contribution in [2.24, 2.45) is 0 Å². The van der Waals surface area contributed by atoms with Crippen LogP contribution >= 0.6 is 0 Å². The van der Waals surface area contributed by atoms with E-state index in [1.54, 1.807) is 43.5 Å². The zero-order valence-corrected chi connectivity index (χ0v) is 13.0. The van der Waals surface area contributed by atoms with Crippen molar-refractivity contribution in [3.8, 4) is 5.75 Å². The summed E-state index contributed by atoms with van der Waals surface area (Å²) in [7, 11) is 1.59. The zero-order valence-electron chi connectivity index (χ0n) is 13.0. The smallest absolute Gasteiger partial charge is 0.224 e. The van der Waals surface area contributed by atoms with Crippen LogP contribution in [-0.2, 0) is 0 Å². The predicted octanol–water partition coefficient (Wildman–Crippen LogP) is 4.46. The Bertz CT molecular complexity index is 796. The number of halogens is 1. The number of carbonyl (C=O) groups is 1. The van der Waals surface area contributed by atoms with Gasteiger partial charge in [0, 0.05) is 5.69 Å². The zero-order chi connectivity index (χ0) is 16.9. The number of methoxy groups -OCH3 is 1. The Morgan fingerprint density at radius 2 is 1.79 bits per heavy atom. The van der Waals surface area contributed by atoms with Gasteiger partial charge in [-0.1, -0.05) is 12.1 Å². The highest BCUT2D eigenvalue weighted by Gasteiger charge is 2.24. The number of hydrogen-bond acceptors (Lipinski definition) is 4. The molecule has 122 valence electrons. The van der Waals surface area contributed by atoms with Crippen molar-refractivity contribution >= 4 is 11.5 Å². The molecule has 3 aromatic rings. The highest BCUT2D eigenvalue weighted by molar-refractivity contribution is 6.00. The monoisotopic (exact) mass is 325 g/mol. The Morgan fingerprint density at radius 1 is 1.08 bits per heavy atom. The van der Waals surface area contributed by atoms with Gasteiger partial charge < -0.3 is 14.5 Å². The molecule has 1 heterocycles. The van der Waals surface area contributed by atoms with E-state index in [4.69, 9.17) is 9.15 Å². The number of carbonyl (C=O) groups excluding carboxylic acids is 1. The number of Topliss-reactive ketones (excluding diaryl/α,β-unsaturated/α-hetero) is 1. The second-order valence-corrected chi connectivity index (χ2v) is 5.20. The molecular formula is C19H16FNO3. The molecule has 0 bridgehead atoms. The van der Waals surface area contributed by atoms with Gasteiger partial charge in [-0.15, -0.1) is 0 Å². The van der Waals surface area contributed by atoms with Crippen molar-refractivity contribution < 1.29 is 18.3 Å². The largest absolute Gasteiger partial charge is 0.497 e. The van der Waals surface area contributed by atoms with E-state index in [9.17, 15) is 9.18 Å². The number of furan rings is 1. The first-order chi connectivity index (χ1) is 11.7. The number of anilines is 1. The molecule has 24 heavy (non-hydrogen) atoms. The van der Waals surface area contributed by atoms with E-state index < -0.39 is 6.04 Å². The van der Waals surface area contributed by atoms with Gasteiger partial charge in [-0.25, -0.2) is 4.39 Å². The Labute approximate surface area is 138 Å². The van der Waals surface area contributed by atoms with Crippen LogP contribution in [0.25, 0.3) is 0 Å². The Balaban J connectivity index is 1.91. The molecular weight excluding hydrogens is 309 g/mol. The number of rotatable bonds is 6. The quantitative estimate of drug-likeness (QED) is 0.680. The molecule has 0 amide bonds. The minimum atomic E-state index is -0.690. The van der Waals surface area contributed by atoms with E-state index >= 15 is 0 Å². The summed E-state index contributed by atoms with van der Waals surface area (Å²) >= 11 is 0. The minimum Gasteiger partial charge on any atom is -0.497 e. The molecule has 0 radical (unpaired) electrons. The summed E-state index contributed by atoms with van der Waals surface area (Å²) in [5.41, 5.74) is 1.39. The fourth-order valence-electron chi connectivity index (χ4n) is 2.37. The molecule has 0 fully saturated rings. The molecule has 3 rings (SSSR count). The van der Waals surface area contributed by atoms with Crippen LogP contribution in [-0.4, -0.2) is 12.9 Å². The van der Waals surface area contributed by atoms with Gasteiger partial charge in [0.2, 0.25) is 5.78 Å². The van der Waals surface area contributed by atoms with Crippen LogP contribution in [0.5, 0.6) is 5.75 Å². The molecule has 0 spiro atoms. The molecule has 1 N–H and O–H groups in total. The third kappa shape index (κ3) is 3.46. The van der Waals surface area contributed by atoms with Crippen LogP contribution in [0.3, 0.4) is 0 Å². The number of hydrogen-bond donors (Lipinski definition) is 1. The van der Waals surface area contributed by atoms with Crippen molar-refractivity contribution in [2.75, 3.05) is 12.4 Å². The summed E-state index contributed by atoms with van der Waals surface area (Å²) in [6, 6.07) is 15.6. The van der Waals surface area contributed by atoms with Crippen LogP contribution in [0, 0.1) is 5.82 Å². The number of benzene rings is 2. The van der Waals surface area contributed by atoms with Gasteiger partial charge >= 0.3 is 0 Å². The second kappa shape index (κ2) is 7.00. The average Bonchev–Trinajstić information content (AvgIpc) is 3.15. The van der Waals surface area contributed by atoms with E-state index in [0.717, 1.165) is 11.4 Å². The third-order valence-corrected chi connectivity index (χ3v) is 3.63. The van der Waals surface area contributed by atoms with Crippen LogP contribution in [0.2, 0.25) is 0 Å². The molecule has 1 aromatic heterocycles. The molecule has 0 aliphatic heterocycles. The standard InChI is InChI=1S/C19H16FNO3/c1-23-16-10-8-15(9-11-16)21-18(13-4-6-14(20)7-5-13)19(22)17-3-2-12-24-17/h2-12,18,21H,1H3. The summed E-state index contributed by atoms with van der Waals surface area (Å²) in [6.07, 6.45) is 1.45.